The van der Waals surface area contributed by atoms with Crippen LogP contribution in [-0.4, -0.2) is 46.1 Å². The van der Waals surface area contributed by atoms with E-state index in [0.29, 0.717) is 28.2 Å². The maximum Gasteiger partial charge on any atom is 0.159 e. The maximum absolute atomic E-state index is 15.8. The van der Waals surface area contributed by atoms with Crippen molar-refractivity contribution in [2.45, 2.75) is 18.5 Å². The van der Waals surface area contributed by atoms with Crippen LogP contribution in [0.5, 0.6) is 5.75 Å². The van der Waals surface area contributed by atoms with Crippen molar-refractivity contribution in [3.63, 3.8) is 0 Å². The molecule has 0 aliphatic carbocycles. The van der Waals surface area contributed by atoms with Crippen molar-refractivity contribution in [3.05, 3.63) is 66.0 Å². The van der Waals surface area contributed by atoms with Gasteiger partial charge < -0.3 is 10.0 Å². The molecule has 0 spiro atoms. The number of phenols is 1. The molecule has 2 atom stereocenters. The molecule has 32 heavy (non-hydrogen) atoms. The molecule has 2 aliphatic rings. The Morgan fingerprint density at radius 1 is 1.22 bits per heavy atom. The number of hydrogen-bond donors (Lipinski definition) is 1. The van der Waals surface area contributed by atoms with Gasteiger partial charge in [0.05, 0.1) is 5.02 Å². The summed E-state index contributed by atoms with van der Waals surface area (Å²) in [6.45, 7) is 6.73. The van der Waals surface area contributed by atoms with Crippen molar-refractivity contribution in [1.29, 1.82) is 0 Å². The highest BCUT2D eigenvalue weighted by atomic mass is 35.5. The number of aromatic nitrogens is 1. The molecule has 3 heterocycles. The van der Waals surface area contributed by atoms with E-state index in [1.807, 2.05) is 36.4 Å². The number of aromatic hydroxyl groups is 1. The predicted octanol–water partition coefficient (Wildman–Crippen LogP) is 6.06. The average Bonchev–Trinajstić information content (AvgIpc) is 3.30. The molecule has 162 valence electrons. The summed E-state index contributed by atoms with van der Waals surface area (Å²) in [4.78, 5) is 4.79. The molecule has 0 unspecified atom stereocenters. The molecule has 2 saturated heterocycles. The smallest absolute Gasteiger partial charge is 0.159 e. The Kier molecular flexibility index (Phi) is 4.64. The number of halogens is 2. The van der Waals surface area contributed by atoms with Crippen molar-refractivity contribution in [3.8, 4) is 16.9 Å². The van der Waals surface area contributed by atoms with E-state index >= 15 is 4.39 Å². The fourth-order valence-corrected chi connectivity index (χ4v) is 6.50. The van der Waals surface area contributed by atoms with Gasteiger partial charge in [-0.15, -0.1) is 6.58 Å². The molecular formula is C25H21ClFN3OS. The molecule has 1 aromatic heterocycles. The van der Waals surface area contributed by atoms with Crippen molar-refractivity contribution >= 4 is 49.8 Å². The highest BCUT2D eigenvalue weighted by molar-refractivity contribution is 7.11. The van der Waals surface area contributed by atoms with Crippen molar-refractivity contribution in [2.75, 3.05) is 24.5 Å². The Bertz CT molecular complexity index is 1390. The van der Waals surface area contributed by atoms with Gasteiger partial charge in [0, 0.05) is 42.7 Å². The first-order valence-corrected chi connectivity index (χ1v) is 11.8. The number of rotatable bonds is 4. The molecule has 0 bridgehead atoms. The molecule has 4 nitrogen and oxygen atoms in total. The minimum absolute atomic E-state index is 0.0742. The SMILES string of the molecule is C=CCN1CC[C@@H]2[C@H]1CN2c1snc2c(F)c(-c3cc(O)cc4ccccc34)c(Cl)cc12. The quantitative estimate of drug-likeness (QED) is 0.372. The minimum atomic E-state index is -0.442. The molecule has 0 saturated carbocycles. The van der Waals surface area contributed by atoms with Gasteiger partial charge in [0.15, 0.2) is 5.82 Å². The molecule has 3 aromatic carbocycles. The summed E-state index contributed by atoms with van der Waals surface area (Å²) < 4.78 is 20.3. The van der Waals surface area contributed by atoms with Gasteiger partial charge in [-0.2, -0.15) is 4.37 Å². The zero-order chi connectivity index (χ0) is 22.0. The van der Waals surface area contributed by atoms with Crippen LogP contribution in [0.15, 0.2) is 55.1 Å². The number of nitrogens with zero attached hydrogens (tertiary/aromatic N) is 3. The predicted molar refractivity (Wildman–Crippen MR) is 131 cm³/mol. The van der Waals surface area contributed by atoms with Crippen molar-refractivity contribution < 1.29 is 9.50 Å². The summed E-state index contributed by atoms with van der Waals surface area (Å²) in [5.74, 6) is -0.368. The number of benzene rings is 3. The summed E-state index contributed by atoms with van der Waals surface area (Å²) in [6.07, 6.45) is 3.04. The lowest BCUT2D eigenvalue weighted by molar-refractivity contribution is 0.222. The van der Waals surface area contributed by atoms with Gasteiger partial charge in [-0.05, 0) is 52.5 Å². The maximum atomic E-state index is 15.8. The minimum Gasteiger partial charge on any atom is -0.508 e. The van der Waals surface area contributed by atoms with Gasteiger partial charge in [0.25, 0.3) is 0 Å². The third kappa shape index (κ3) is 2.86. The van der Waals surface area contributed by atoms with E-state index in [9.17, 15) is 5.11 Å². The van der Waals surface area contributed by atoms with E-state index in [-0.39, 0.29) is 11.3 Å². The van der Waals surface area contributed by atoms with Crippen molar-refractivity contribution in [2.24, 2.45) is 0 Å². The third-order valence-corrected chi connectivity index (χ3v) is 8.00. The van der Waals surface area contributed by atoms with E-state index in [1.165, 1.54) is 11.5 Å². The second kappa shape index (κ2) is 7.44. The summed E-state index contributed by atoms with van der Waals surface area (Å²) in [5, 5.41) is 14.0. The van der Waals surface area contributed by atoms with Gasteiger partial charge in [-0.25, -0.2) is 4.39 Å². The highest BCUT2D eigenvalue weighted by Gasteiger charge is 2.47. The van der Waals surface area contributed by atoms with Gasteiger partial charge in [-0.3, -0.25) is 4.90 Å². The Morgan fingerprint density at radius 3 is 2.91 bits per heavy atom. The van der Waals surface area contributed by atoms with Crippen LogP contribution in [-0.2, 0) is 0 Å². The topological polar surface area (TPSA) is 39.6 Å². The lowest BCUT2D eigenvalue weighted by atomic mass is 9.95. The number of fused-ring (bicyclic) bond motifs is 3. The van der Waals surface area contributed by atoms with Gasteiger partial charge in [0.2, 0.25) is 0 Å². The lowest BCUT2D eigenvalue weighted by Crippen LogP contribution is -2.61. The average molecular weight is 466 g/mol. The first-order chi connectivity index (χ1) is 15.6. The first kappa shape index (κ1) is 20.0. The number of phenolic OH excluding ortho intramolecular Hbond substituents is 1. The van der Waals surface area contributed by atoms with Gasteiger partial charge >= 0.3 is 0 Å². The van der Waals surface area contributed by atoms with E-state index in [2.05, 4.69) is 20.8 Å². The summed E-state index contributed by atoms with van der Waals surface area (Å²) >= 11 is 8.02. The summed E-state index contributed by atoms with van der Waals surface area (Å²) in [6, 6.07) is 13.6. The Morgan fingerprint density at radius 2 is 2.06 bits per heavy atom. The van der Waals surface area contributed by atoms with Crippen LogP contribution >= 0.6 is 23.1 Å². The molecule has 2 aliphatic heterocycles. The molecule has 1 N–H and O–H groups in total. The number of anilines is 1. The molecule has 0 radical (unpaired) electrons. The number of likely N-dealkylation sites (tertiary alicyclic amines) is 1. The fraction of sp³-hybridized carbons (Fsp3) is 0.240. The molecule has 2 fully saturated rings. The standard InChI is InChI=1S/C25H21ClFN3OS/c1-2-8-29-9-7-20-21(29)13-30(20)25-18-12-19(26)22(23(27)24(18)28-32-25)17-11-15(31)10-14-5-3-4-6-16(14)17/h2-6,10-12,20-21,31H,1,7-9,13H2/t20-,21-/m1/s1. The van der Waals surface area contributed by atoms with Gasteiger partial charge in [0.1, 0.15) is 16.3 Å². The van der Waals surface area contributed by atoms with E-state index in [4.69, 9.17) is 11.6 Å². The first-order valence-electron chi connectivity index (χ1n) is 10.7. The van der Waals surface area contributed by atoms with Crippen LogP contribution in [0.2, 0.25) is 5.02 Å². The molecule has 6 rings (SSSR count). The zero-order valence-electron chi connectivity index (χ0n) is 17.3. The van der Waals surface area contributed by atoms with Crippen LogP contribution in [0, 0.1) is 5.82 Å². The summed E-state index contributed by atoms with van der Waals surface area (Å²) in [5.41, 5.74) is 1.18. The van der Waals surface area contributed by atoms with Crippen LogP contribution in [0.1, 0.15) is 6.42 Å². The van der Waals surface area contributed by atoms with Crippen LogP contribution in [0.3, 0.4) is 0 Å². The van der Waals surface area contributed by atoms with Crippen LogP contribution in [0.4, 0.5) is 9.39 Å². The Balaban J connectivity index is 1.45. The summed E-state index contributed by atoms with van der Waals surface area (Å²) in [7, 11) is 0. The monoisotopic (exact) mass is 465 g/mol. The second-order valence-corrected chi connectivity index (χ2v) is 9.66. The van der Waals surface area contributed by atoms with Crippen LogP contribution < -0.4 is 4.90 Å². The van der Waals surface area contributed by atoms with Gasteiger partial charge in [-0.1, -0.05) is 41.9 Å². The third-order valence-electron chi connectivity index (χ3n) is 6.80. The molecule has 7 heteroatoms. The van der Waals surface area contributed by atoms with E-state index in [0.717, 1.165) is 47.2 Å². The molecule has 0 amide bonds. The second-order valence-electron chi connectivity index (χ2n) is 8.51. The molecular weight excluding hydrogens is 445 g/mol. The fourth-order valence-electron chi connectivity index (χ4n) is 5.28. The highest BCUT2D eigenvalue weighted by Crippen LogP contribution is 2.46. The zero-order valence-corrected chi connectivity index (χ0v) is 18.8. The normalized spacial score (nSPS) is 20.6. The number of hydrogen-bond acceptors (Lipinski definition) is 5. The largest absolute Gasteiger partial charge is 0.508 e. The Labute approximate surface area is 194 Å². The molecule has 4 aromatic rings. The lowest BCUT2D eigenvalue weighted by Gasteiger charge is -2.47. The van der Waals surface area contributed by atoms with Crippen LogP contribution in [0.25, 0.3) is 32.8 Å². The van der Waals surface area contributed by atoms with E-state index < -0.39 is 5.82 Å². The Hall–Kier alpha value is -2.67. The van der Waals surface area contributed by atoms with E-state index in [1.54, 1.807) is 12.1 Å². The van der Waals surface area contributed by atoms with Crippen molar-refractivity contribution in [1.82, 2.24) is 9.27 Å².